The molecule has 2 atom stereocenters. The number of amides is 1. The molecule has 1 aromatic heterocycles. The highest BCUT2D eigenvalue weighted by atomic mass is 16.2. The van der Waals surface area contributed by atoms with Crippen molar-refractivity contribution in [1.29, 1.82) is 0 Å². The molecule has 2 unspecified atom stereocenters. The van der Waals surface area contributed by atoms with Crippen LogP contribution in [-0.4, -0.2) is 38.2 Å². The van der Waals surface area contributed by atoms with Crippen molar-refractivity contribution in [1.82, 2.24) is 25.0 Å². The number of carbonyl (C=O) groups excluding carboxylic acids is 1. The summed E-state index contributed by atoms with van der Waals surface area (Å²) in [5.41, 5.74) is 9.94. The topological polar surface area (TPSA) is 75.1 Å². The maximum atomic E-state index is 12.3. The molecule has 2 aliphatic heterocycles. The van der Waals surface area contributed by atoms with Crippen LogP contribution in [0, 0.1) is 13.8 Å². The lowest BCUT2D eigenvalue weighted by molar-refractivity contribution is 0.0958. The molecule has 7 nitrogen and oxygen atoms in total. The Kier molecular flexibility index (Phi) is 7.22. The molecule has 0 spiro atoms. The summed E-state index contributed by atoms with van der Waals surface area (Å²) in [5.74, 6) is 1.38. The summed E-state index contributed by atoms with van der Waals surface area (Å²) in [6.45, 7) is 13.2. The first-order chi connectivity index (χ1) is 19.8. The fraction of sp³-hybridized carbons (Fsp3) is 0.324. The Labute approximate surface area is 242 Å². The molecule has 41 heavy (non-hydrogen) atoms. The molecule has 210 valence electrons. The maximum Gasteiger partial charge on any atom is 0.252 e. The second-order valence-corrected chi connectivity index (χ2v) is 11.4. The second kappa shape index (κ2) is 11.0. The Morgan fingerprint density at radius 3 is 2.56 bits per heavy atom. The fourth-order valence-corrected chi connectivity index (χ4v) is 5.95. The molecule has 0 fully saturated rings. The summed E-state index contributed by atoms with van der Waals surface area (Å²) in [4.78, 5) is 19.7. The van der Waals surface area contributed by atoms with Crippen LogP contribution in [0.2, 0.25) is 0 Å². The largest absolute Gasteiger partial charge is 0.345 e. The minimum absolute atomic E-state index is 0.00680. The number of fused-ring (bicyclic) bond motifs is 1. The molecule has 4 aromatic rings. The molecular formula is C34H38N6O. The Morgan fingerprint density at radius 2 is 1.80 bits per heavy atom. The number of benzene rings is 3. The molecule has 2 aliphatic rings. The third kappa shape index (κ3) is 5.30. The smallest absolute Gasteiger partial charge is 0.252 e. The lowest BCUT2D eigenvalue weighted by Crippen LogP contribution is -2.36. The summed E-state index contributed by atoms with van der Waals surface area (Å²) in [6, 6.07) is 21.8. The lowest BCUT2D eigenvalue weighted by atomic mass is 9.93. The molecule has 0 aliphatic carbocycles. The number of nitrogens with zero attached hydrogens (tertiary/aromatic N) is 4. The number of rotatable bonds is 7. The van der Waals surface area contributed by atoms with Crippen LogP contribution < -0.4 is 10.6 Å². The SMILES string of the molecule is CCn1nc(-c2ccc(C3=CCC(C)N(Cc4ccccc4)C3)c(C)c2)nc1Nc1cc2c(cc1C)C(=O)NC2C. The zero-order chi connectivity index (χ0) is 28.7. The molecule has 7 heteroatoms. The Balaban J connectivity index is 1.23. The van der Waals surface area contributed by atoms with Crippen molar-refractivity contribution in [2.75, 3.05) is 11.9 Å². The van der Waals surface area contributed by atoms with Crippen LogP contribution in [0.15, 0.2) is 66.7 Å². The van der Waals surface area contributed by atoms with Gasteiger partial charge in [-0.05, 0) is 92.6 Å². The van der Waals surface area contributed by atoms with Gasteiger partial charge in [0.1, 0.15) is 0 Å². The number of hydrogen-bond acceptors (Lipinski definition) is 5. The van der Waals surface area contributed by atoms with E-state index in [1.807, 2.05) is 24.6 Å². The molecule has 0 radical (unpaired) electrons. The number of anilines is 2. The van der Waals surface area contributed by atoms with E-state index in [9.17, 15) is 4.79 Å². The molecule has 3 aromatic carbocycles. The molecular weight excluding hydrogens is 508 g/mol. The van der Waals surface area contributed by atoms with E-state index in [4.69, 9.17) is 10.1 Å². The zero-order valence-corrected chi connectivity index (χ0v) is 24.5. The van der Waals surface area contributed by atoms with Gasteiger partial charge in [0.15, 0.2) is 5.82 Å². The highest BCUT2D eigenvalue weighted by molar-refractivity contribution is 6.00. The number of aryl methyl sites for hydroxylation is 3. The van der Waals surface area contributed by atoms with Crippen LogP contribution in [0.4, 0.5) is 11.6 Å². The first-order valence-corrected chi connectivity index (χ1v) is 14.6. The van der Waals surface area contributed by atoms with Crippen LogP contribution in [0.1, 0.15) is 71.4 Å². The van der Waals surface area contributed by atoms with Gasteiger partial charge in [-0.25, -0.2) is 4.68 Å². The normalized spacial score (nSPS) is 18.7. The van der Waals surface area contributed by atoms with Crippen LogP contribution in [0.5, 0.6) is 0 Å². The van der Waals surface area contributed by atoms with Crippen molar-refractivity contribution < 1.29 is 4.79 Å². The first-order valence-electron chi connectivity index (χ1n) is 14.6. The summed E-state index contributed by atoms with van der Waals surface area (Å²) < 4.78 is 1.89. The first kappa shape index (κ1) is 27.0. The van der Waals surface area contributed by atoms with E-state index in [1.54, 1.807) is 0 Å². The fourth-order valence-electron chi connectivity index (χ4n) is 5.95. The second-order valence-electron chi connectivity index (χ2n) is 11.4. The zero-order valence-electron chi connectivity index (χ0n) is 24.5. The average molecular weight is 547 g/mol. The van der Waals surface area contributed by atoms with Gasteiger partial charge in [0.2, 0.25) is 5.95 Å². The minimum atomic E-state index is -0.0117. The van der Waals surface area contributed by atoms with Gasteiger partial charge in [-0.15, -0.1) is 5.10 Å². The monoisotopic (exact) mass is 546 g/mol. The van der Waals surface area contributed by atoms with Crippen molar-refractivity contribution >= 4 is 23.1 Å². The molecule has 3 heterocycles. The van der Waals surface area contributed by atoms with E-state index < -0.39 is 0 Å². The van der Waals surface area contributed by atoms with E-state index in [2.05, 4.69) is 97.0 Å². The van der Waals surface area contributed by atoms with E-state index in [-0.39, 0.29) is 11.9 Å². The molecule has 2 N–H and O–H groups in total. The lowest BCUT2D eigenvalue weighted by Gasteiger charge is -2.34. The van der Waals surface area contributed by atoms with Crippen molar-refractivity contribution in [3.63, 3.8) is 0 Å². The van der Waals surface area contributed by atoms with Crippen molar-refractivity contribution in [3.8, 4) is 11.4 Å². The van der Waals surface area contributed by atoms with Gasteiger partial charge in [-0.1, -0.05) is 48.5 Å². The van der Waals surface area contributed by atoms with Gasteiger partial charge in [0.05, 0.1) is 6.04 Å². The van der Waals surface area contributed by atoms with Gasteiger partial charge in [0.25, 0.3) is 5.91 Å². The van der Waals surface area contributed by atoms with Crippen LogP contribution in [0.3, 0.4) is 0 Å². The van der Waals surface area contributed by atoms with Crippen molar-refractivity contribution in [2.45, 2.75) is 66.2 Å². The summed E-state index contributed by atoms with van der Waals surface area (Å²) >= 11 is 0. The molecule has 0 bridgehead atoms. The predicted molar refractivity (Wildman–Crippen MR) is 165 cm³/mol. The van der Waals surface area contributed by atoms with Crippen LogP contribution >= 0.6 is 0 Å². The van der Waals surface area contributed by atoms with Gasteiger partial charge in [-0.3, -0.25) is 9.69 Å². The molecule has 1 amide bonds. The van der Waals surface area contributed by atoms with Crippen molar-refractivity contribution in [3.05, 3.63) is 100 Å². The van der Waals surface area contributed by atoms with Gasteiger partial charge in [-0.2, -0.15) is 4.98 Å². The van der Waals surface area contributed by atoms with E-state index >= 15 is 0 Å². The Bertz CT molecular complexity index is 1640. The predicted octanol–water partition coefficient (Wildman–Crippen LogP) is 6.81. The van der Waals surface area contributed by atoms with Crippen LogP contribution in [-0.2, 0) is 13.1 Å². The van der Waals surface area contributed by atoms with Gasteiger partial charge < -0.3 is 10.6 Å². The maximum absolute atomic E-state index is 12.3. The molecule has 6 rings (SSSR count). The summed E-state index contributed by atoms with van der Waals surface area (Å²) in [5, 5.41) is 11.3. The summed E-state index contributed by atoms with van der Waals surface area (Å²) in [7, 11) is 0. The third-order valence-corrected chi connectivity index (χ3v) is 8.43. The summed E-state index contributed by atoms with van der Waals surface area (Å²) in [6.07, 6.45) is 3.45. The number of nitrogens with one attached hydrogen (secondary N) is 2. The Morgan fingerprint density at radius 1 is 1.00 bits per heavy atom. The highest BCUT2D eigenvalue weighted by Crippen LogP contribution is 2.33. The van der Waals surface area contributed by atoms with E-state index in [1.165, 1.54) is 22.3 Å². The van der Waals surface area contributed by atoms with Gasteiger partial charge >= 0.3 is 0 Å². The van der Waals surface area contributed by atoms with E-state index in [0.717, 1.165) is 47.5 Å². The van der Waals surface area contributed by atoms with E-state index in [0.29, 0.717) is 24.4 Å². The Hall–Kier alpha value is -4.23. The van der Waals surface area contributed by atoms with Crippen molar-refractivity contribution in [2.24, 2.45) is 0 Å². The average Bonchev–Trinajstić information content (AvgIpc) is 3.50. The third-order valence-electron chi connectivity index (χ3n) is 8.43. The highest BCUT2D eigenvalue weighted by Gasteiger charge is 2.27. The number of aromatic nitrogens is 3. The van der Waals surface area contributed by atoms with Gasteiger partial charge in [0, 0.05) is 42.5 Å². The number of hydrogen-bond donors (Lipinski definition) is 2. The number of carbonyl (C=O) groups is 1. The minimum Gasteiger partial charge on any atom is -0.345 e. The molecule has 0 saturated heterocycles. The molecule has 0 saturated carbocycles. The standard InChI is InChI=1S/C34H38N6O/c1-6-40-34(36-31-18-29-24(5)35-33(41)30(29)17-22(31)3)37-32(38-40)26-14-15-28(21(2)16-26)27-13-12-23(4)39(20-27)19-25-10-8-7-9-11-25/h7-11,13-18,23-24H,6,12,19-20H2,1-5H3,(H,35,41)(H,36,37,38). The quantitative estimate of drug-likeness (QED) is 0.266. The van der Waals surface area contributed by atoms with Crippen LogP contribution in [0.25, 0.3) is 17.0 Å².